The van der Waals surface area contributed by atoms with Crippen molar-refractivity contribution in [1.82, 2.24) is 23.2 Å². The number of nitrogens with zero attached hydrogens (tertiary/aromatic N) is 6. The third-order valence-corrected chi connectivity index (χ3v) is 26.7. The molecule has 0 bridgehead atoms. The molecule has 14 aromatic rings. The lowest BCUT2D eigenvalue weighted by molar-refractivity contribution is 0.0691. The van der Waals surface area contributed by atoms with Crippen molar-refractivity contribution >= 4 is 125 Å². The molecule has 16 rings (SSSR count). The summed E-state index contributed by atoms with van der Waals surface area (Å²) in [7, 11) is -9.87. The quantitative estimate of drug-likeness (QED) is 0.0394. The van der Waals surface area contributed by atoms with Gasteiger partial charge in [0.2, 0.25) is 0 Å². The molecule has 6 heterocycles. The molecule has 2 aliphatic heterocycles. The molecule has 0 fully saturated rings. The van der Waals surface area contributed by atoms with E-state index in [0.29, 0.717) is 68.8 Å². The standard InChI is InChI=1S/C34H24F3N3O7S.C27H20F3N3O6S.C24H14F3N3O6S/c1-14-15(2)28(17(4)30(16(14)3)48(46,47)38-20-12-25(35)27(37)26(36)13-20)40-33(44)22-9-7-19(11-24(22)34(40)45)29(41)18-6-8-21-23(10-18)32(43)39(5)31(21)42;1-10-11(2)22(13(4)23(12(10)3)40(38,39)31-14-6-19(28)21(30)20(29)7-14)33-26(36)17-8-15-16(9-18(17)27(33)37)25(35)32(5)24(15)34;1-10-3-12(7-13(4-10)37(35,36)28-11-5-18(25)20(27)19(26)6-11)30-23(33)16-8-14-15(9-17(16)24(30)34)22(32)29(2)21(14)31/h6-13,38H,1-5H3;6-9,31H,1-5H3;3-9,28H,1-2H3. The van der Waals surface area contributed by atoms with Gasteiger partial charge in [-0.3, -0.25) is 90.5 Å². The molecular weight excluding hydrogens is 1720 g/mol. The van der Waals surface area contributed by atoms with Crippen LogP contribution in [0.5, 0.6) is 0 Å². The summed E-state index contributed by atoms with van der Waals surface area (Å²) in [6.07, 6.45) is 0. The number of benzene rings is 10. The molecule has 2 aliphatic rings. The number of anilines is 4. The van der Waals surface area contributed by atoms with Crippen LogP contribution in [-0.2, 0) is 44.2 Å². The molecule has 4 aromatic heterocycles. The maximum atomic E-state index is 13.9. The van der Waals surface area contributed by atoms with Crippen molar-refractivity contribution in [1.29, 1.82) is 0 Å². The number of fused-ring (bicyclic) bond motifs is 6. The Bertz CT molecular complexity index is 8020. The number of rotatable bonds is 14. The lowest BCUT2D eigenvalue weighted by Crippen LogP contribution is -2.32. The molecule has 0 saturated heterocycles. The third kappa shape index (κ3) is 14.0. The minimum atomic E-state index is -4.63. The number of hydrogen-bond donors (Lipinski definition) is 3. The summed E-state index contributed by atoms with van der Waals surface area (Å²) >= 11 is 0. The first-order valence-electron chi connectivity index (χ1n) is 36.5. The SMILES string of the molecule is Cc1c(C)c(-n2c(=O)c3cc4c(=O)n(C)c(=O)c4cc3c2=O)c(C)c(S(=O)(=O)Nc2cc(F)c(F)c(F)c2)c1C.Cc1c(C)c(N2C(=O)c3ccc(C(=O)c4ccc5c(c4)C(=O)N(C)C5=O)cc3C2=O)c(C)c(S(=O)(=O)Nc2cc(F)c(F)c(F)c2)c1C.Cc1cc(-n2c(=O)c3cc4c(=O)n(C)c(=O)c4cc3c2=O)cc(S(=O)(=O)Nc2cc(F)c(F)c(F)c2)c1. The Balaban J connectivity index is 0.000000154. The molecule has 4 amide bonds. The van der Waals surface area contributed by atoms with Gasteiger partial charge in [-0.1, -0.05) is 12.1 Å². The number of ketones is 1. The summed E-state index contributed by atoms with van der Waals surface area (Å²) in [5.74, 6) is -18.2. The van der Waals surface area contributed by atoms with Crippen molar-refractivity contribution in [2.24, 2.45) is 14.1 Å². The van der Waals surface area contributed by atoms with Crippen LogP contribution in [0.4, 0.5) is 62.3 Å². The van der Waals surface area contributed by atoms with E-state index < -0.39 is 178 Å². The number of halogens is 9. The van der Waals surface area contributed by atoms with Gasteiger partial charge in [0.15, 0.2) is 58.1 Å². The number of aromatic nitrogens is 4. The number of carbonyl (C=O) groups excluding carboxylic acids is 5. The lowest BCUT2D eigenvalue weighted by Gasteiger charge is -2.25. The highest BCUT2D eigenvalue weighted by molar-refractivity contribution is 7.93. The van der Waals surface area contributed by atoms with Gasteiger partial charge in [0.1, 0.15) is 0 Å². The molecule has 0 atom stereocenters. The zero-order valence-electron chi connectivity index (χ0n) is 66.5. The first-order chi connectivity index (χ1) is 58.3. The van der Waals surface area contributed by atoms with Gasteiger partial charge in [0.05, 0.1) is 114 Å². The van der Waals surface area contributed by atoms with Crippen molar-refractivity contribution in [3.63, 3.8) is 0 Å². The van der Waals surface area contributed by atoms with Crippen LogP contribution in [0.3, 0.4) is 0 Å². The van der Waals surface area contributed by atoms with Crippen molar-refractivity contribution in [2.45, 2.75) is 77.0 Å². The van der Waals surface area contributed by atoms with E-state index in [-0.39, 0.29) is 126 Å². The van der Waals surface area contributed by atoms with E-state index in [4.69, 9.17) is 0 Å². The minimum absolute atomic E-state index is 0.0154. The van der Waals surface area contributed by atoms with Gasteiger partial charge in [0, 0.05) is 68.7 Å². The summed E-state index contributed by atoms with van der Waals surface area (Å²) < 4.78 is 212. The van der Waals surface area contributed by atoms with E-state index >= 15 is 0 Å². The maximum Gasteiger partial charge on any atom is 0.266 e. The zero-order chi connectivity index (χ0) is 91.7. The van der Waals surface area contributed by atoms with E-state index in [0.717, 1.165) is 41.7 Å². The average molecular weight is 1780 g/mol. The summed E-state index contributed by atoms with van der Waals surface area (Å²) in [6, 6.07) is 18.9. The Hall–Kier alpha value is -14.7. The minimum Gasteiger partial charge on any atom is -0.289 e. The molecule has 28 nitrogen and oxygen atoms in total. The van der Waals surface area contributed by atoms with E-state index in [1.165, 1.54) is 116 Å². The highest BCUT2D eigenvalue weighted by Gasteiger charge is 2.42. The van der Waals surface area contributed by atoms with Crippen LogP contribution in [0.25, 0.3) is 54.5 Å². The molecule has 0 aliphatic carbocycles. The monoisotopic (exact) mass is 1780 g/mol. The van der Waals surface area contributed by atoms with E-state index in [1.807, 2.05) is 14.2 Å². The number of amides is 4. The highest BCUT2D eigenvalue weighted by atomic mass is 32.2. The first-order valence-corrected chi connectivity index (χ1v) is 41.0. The van der Waals surface area contributed by atoms with Crippen molar-refractivity contribution < 1.29 is 88.7 Å². The molecular formula is C85H58F9N9O19S3. The molecule has 0 radical (unpaired) electrons. The lowest BCUT2D eigenvalue weighted by atomic mass is 9.96. The largest absolute Gasteiger partial charge is 0.289 e. The van der Waals surface area contributed by atoms with Crippen LogP contribution in [0.1, 0.15) is 107 Å². The number of hydrogen-bond acceptors (Lipinski definition) is 19. The second-order valence-electron chi connectivity index (χ2n) is 29.5. The fourth-order valence-electron chi connectivity index (χ4n) is 15.4. The van der Waals surface area contributed by atoms with Crippen LogP contribution in [0, 0.1) is 115 Å². The van der Waals surface area contributed by atoms with Gasteiger partial charge in [-0.15, -0.1) is 0 Å². The van der Waals surface area contributed by atoms with E-state index in [2.05, 4.69) is 0 Å². The molecule has 0 saturated carbocycles. The van der Waals surface area contributed by atoms with Crippen LogP contribution >= 0.6 is 0 Å². The highest BCUT2D eigenvalue weighted by Crippen LogP contribution is 2.42. The van der Waals surface area contributed by atoms with E-state index in [9.17, 15) is 127 Å². The van der Waals surface area contributed by atoms with Crippen LogP contribution < -0.4 is 63.5 Å². The molecule has 125 heavy (non-hydrogen) atoms. The Morgan fingerprint density at radius 3 is 0.984 bits per heavy atom. The van der Waals surface area contributed by atoms with Crippen LogP contribution in [0.2, 0.25) is 0 Å². The smallest absolute Gasteiger partial charge is 0.266 e. The fourth-order valence-corrected chi connectivity index (χ4v) is 19.8. The van der Waals surface area contributed by atoms with Crippen LogP contribution in [-0.4, -0.2) is 84.9 Å². The summed E-state index contributed by atoms with van der Waals surface area (Å²) in [6.45, 7) is 13.5. The molecule has 0 spiro atoms. The fraction of sp³-hybridized carbons (Fsp3) is 0.141. The van der Waals surface area contributed by atoms with Gasteiger partial charge >= 0.3 is 0 Å². The predicted octanol–water partition coefficient (Wildman–Crippen LogP) is 10.3. The topological polar surface area (TPSA) is 387 Å². The van der Waals surface area contributed by atoms with Gasteiger partial charge in [-0.05, 0) is 179 Å². The number of imide groups is 2. The van der Waals surface area contributed by atoms with Crippen LogP contribution in [0.15, 0.2) is 168 Å². The first kappa shape index (κ1) is 86.7. The second-order valence-corrected chi connectivity index (χ2v) is 34.4. The van der Waals surface area contributed by atoms with Crippen molar-refractivity contribution in [3.8, 4) is 11.4 Å². The van der Waals surface area contributed by atoms with Gasteiger partial charge < -0.3 is 0 Å². The predicted molar refractivity (Wildman–Crippen MR) is 439 cm³/mol. The Morgan fingerprint density at radius 2 is 0.608 bits per heavy atom. The molecule has 3 N–H and O–H groups in total. The van der Waals surface area contributed by atoms with Gasteiger partial charge in [-0.25, -0.2) is 78.8 Å². The Morgan fingerprint density at radius 1 is 0.304 bits per heavy atom. The number of nitrogens with one attached hydrogen (secondary N) is 3. The van der Waals surface area contributed by atoms with E-state index in [1.54, 1.807) is 27.7 Å². The van der Waals surface area contributed by atoms with Gasteiger partial charge in [-0.2, -0.15) is 0 Å². The normalized spacial score (nSPS) is 12.9. The third-order valence-electron chi connectivity index (χ3n) is 22.0. The second kappa shape index (κ2) is 30.4. The number of aryl methyl sites for hydroxylation is 1. The van der Waals surface area contributed by atoms with Crippen molar-refractivity contribution in [2.75, 3.05) is 26.1 Å². The Labute approximate surface area is 696 Å². The molecule has 40 heteroatoms. The summed E-state index contributed by atoms with van der Waals surface area (Å²) in [5.41, 5.74) is -5.41. The summed E-state index contributed by atoms with van der Waals surface area (Å²) in [4.78, 5) is 169. The summed E-state index contributed by atoms with van der Waals surface area (Å²) in [5, 5.41) is -0.672. The Kier molecular flexibility index (Phi) is 21.1. The van der Waals surface area contributed by atoms with Gasteiger partial charge in [0.25, 0.3) is 98.2 Å². The average Bonchev–Trinajstić information content (AvgIpc) is 1.64. The number of sulfonamides is 3. The zero-order valence-corrected chi connectivity index (χ0v) is 69.0. The number of carbonyl (C=O) groups is 5. The molecule has 0 unspecified atom stereocenters. The molecule has 638 valence electrons. The molecule has 10 aromatic carbocycles. The maximum absolute atomic E-state index is 13.9. The van der Waals surface area contributed by atoms with Crippen molar-refractivity contribution in [3.05, 3.63) is 334 Å².